The van der Waals surface area contributed by atoms with Crippen LogP contribution in [-0.2, 0) is 0 Å². The van der Waals surface area contributed by atoms with E-state index in [1.807, 2.05) is 0 Å². The lowest BCUT2D eigenvalue weighted by Crippen LogP contribution is -2.10. The lowest BCUT2D eigenvalue weighted by Gasteiger charge is -2.26. The molecule has 0 aromatic heterocycles. The summed E-state index contributed by atoms with van der Waals surface area (Å²) >= 11 is 0. The fraction of sp³-hybridized carbons (Fsp3) is 0. The Labute approximate surface area is 633 Å². The lowest BCUT2D eigenvalue weighted by molar-refractivity contribution is 1.28. The van der Waals surface area contributed by atoms with Crippen molar-refractivity contribution in [3.8, 4) is 66.8 Å². The molecule has 512 valence electrons. The minimum atomic E-state index is 1.09. The molecule has 0 N–H and O–H groups in total. The van der Waals surface area contributed by atoms with Crippen molar-refractivity contribution in [2.45, 2.75) is 0 Å². The first kappa shape index (κ1) is 66.9. The van der Waals surface area contributed by atoms with E-state index in [4.69, 9.17) is 0 Å². The van der Waals surface area contributed by atoms with Crippen LogP contribution < -0.4 is 19.6 Å². The van der Waals surface area contributed by atoms with E-state index in [2.05, 4.69) is 481 Å². The molecule has 0 aliphatic carbocycles. The van der Waals surface area contributed by atoms with E-state index in [0.29, 0.717) is 0 Å². The molecule has 4 nitrogen and oxygen atoms in total. The number of nitrogens with zero attached hydrogens (tertiary/aromatic N) is 4. The van der Waals surface area contributed by atoms with Crippen LogP contribution in [0.5, 0.6) is 0 Å². The molecule has 18 aromatic rings. The van der Waals surface area contributed by atoms with E-state index >= 15 is 0 Å². The van der Waals surface area contributed by atoms with Crippen molar-refractivity contribution in [3.05, 3.63) is 461 Å². The van der Waals surface area contributed by atoms with Crippen LogP contribution in [0.25, 0.3) is 88.3 Å². The average Bonchev–Trinajstić information content (AvgIpc) is 0.801. The highest BCUT2D eigenvalue weighted by molar-refractivity contribution is 5.92. The molecule has 0 unspecified atom stereocenters. The molecule has 18 aromatic carbocycles. The van der Waals surface area contributed by atoms with Gasteiger partial charge < -0.3 is 19.6 Å². The van der Waals surface area contributed by atoms with E-state index < -0.39 is 0 Å². The van der Waals surface area contributed by atoms with Gasteiger partial charge in [-0.1, -0.05) is 315 Å². The summed E-state index contributed by atoms with van der Waals surface area (Å²) < 4.78 is 0. The fourth-order valence-corrected chi connectivity index (χ4v) is 14.5. The van der Waals surface area contributed by atoms with Gasteiger partial charge in [0.15, 0.2) is 0 Å². The second-order valence-corrected chi connectivity index (χ2v) is 26.9. The molecule has 0 atom stereocenters. The zero-order valence-corrected chi connectivity index (χ0v) is 59.7. The minimum absolute atomic E-state index is 1.09. The Balaban J connectivity index is 0.000000165. The van der Waals surface area contributed by atoms with Crippen LogP contribution >= 0.6 is 0 Å². The van der Waals surface area contributed by atoms with Crippen molar-refractivity contribution in [2.24, 2.45) is 0 Å². The molecule has 4 heteroatoms. The van der Waals surface area contributed by atoms with Crippen molar-refractivity contribution in [3.63, 3.8) is 0 Å². The Morgan fingerprint density at radius 3 is 0.444 bits per heavy atom. The predicted octanol–water partition coefficient (Wildman–Crippen LogP) is 29.6. The maximum absolute atomic E-state index is 2.33. The van der Waals surface area contributed by atoms with Crippen LogP contribution in [0.2, 0.25) is 0 Å². The van der Waals surface area contributed by atoms with E-state index in [1.165, 1.54) is 77.2 Å². The van der Waals surface area contributed by atoms with Gasteiger partial charge in [-0.25, -0.2) is 0 Å². The third kappa shape index (κ3) is 14.8. The molecule has 0 heterocycles. The van der Waals surface area contributed by atoms with Gasteiger partial charge in [-0.2, -0.15) is 0 Å². The summed E-state index contributed by atoms with van der Waals surface area (Å²) in [6.45, 7) is 0. The largest absolute Gasteiger partial charge is 0.311 e. The highest BCUT2D eigenvalue weighted by Gasteiger charge is 2.19. The van der Waals surface area contributed by atoms with E-state index in [0.717, 1.165) is 79.4 Å². The Kier molecular flexibility index (Phi) is 19.4. The van der Waals surface area contributed by atoms with E-state index in [1.54, 1.807) is 0 Å². The second kappa shape index (κ2) is 31.3. The Morgan fingerprint density at radius 1 is 0.0926 bits per heavy atom. The van der Waals surface area contributed by atoms with Gasteiger partial charge in [0, 0.05) is 68.2 Å². The first-order valence-electron chi connectivity index (χ1n) is 36.8. The predicted molar refractivity (Wildman–Crippen MR) is 459 cm³/mol. The Morgan fingerprint density at radius 2 is 0.231 bits per heavy atom. The van der Waals surface area contributed by atoms with Crippen LogP contribution in [0.4, 0.5) is 68.2 Å². The van der Waals surface area contributed by atoms with Crippen LogP contribution in [0.3, 0.4) is 0 Å². The van der Waals surface area contributed by atoms with Gasteiger partial charge in [-0.3, -0.25) is 0 Å². The molecular weight excluding hydrogens is 1310 g/mol. The molecule has 0 aliphatic heterocycles. The number of anilines is 12. The smallest absolute Gasteiger partial charge is 0.0468 e. The highest BCUT2D eigenvalue weighted by Crippen LogP contribution is 2.43. The molecule has 0 radical (unpaired) electrons. The summed E-state index contributed by atoms with van der Waals surface area (Å²) in [5.74, 6) is 0. The van der Waals surface area contributed by atoms with Crippen LogP contribution in [0.1, 0.15) is 0 Å². The standard InChI is InChI=1S/C60H44N2.C44H32N2/c1-5-13-45(14-6-1)48-21-23-49(24-22-48)52-29-39-56(40-30-52)61(55-19-11-4-12-20-55)57-41-31-53(32-42-57)54-33-43-60(44-34-54)62(58-35-25-50(26-36-58)46-15-7-2-8-16-46)59-37-27-51(28-38-59)47-17-9-3-10-18-47;1-3-15-39(16-4-1)45(43-29-23-33-11-7-9-13-37(33)31-43)41-25-19-35(20-26-41)36-21-27-42(28-22-36)46(40-17-5-2-6-18-40)44-30-24-34-12-8-10-14-38(34)32-44/h1-44H;1-32H. The van der Waals surface area contributed by atoms with Crippen molar-refractivity contribution in [1.82, 2.24) is 0 Å². The SMILES string of the molecule is c1ccc(-c2ccc(-c3ccc(N(c4ccccc4)c4ccc(-c5ccc(N(c6ccc(-c7ccccc7)cc6)c6ccc(-c7ccccc7)cc6)cc5)cc4)cc3)cc2)cc1.c1ccc(N(c2ccc(-c3ccc(N(c4ccccc4)c4ccc5ccccc5c4)cc3)cc2)c2ccc3ccccc3c2)cc1. The van der Waals surface area contributed by atoms with Crippen LogP contribution in [0, 0.1) is 0 Å². The maximum Gasteiger partial charge on any atom is 0.0468 e. The van der Waals surface area contributed by atoms with Crippen LogP contribution in [-0.4, -0.2) is 0 Å². The van der Waals surface area contributed by atoms with Crippen molar-refractivity contribution < 1.29 is 0 Å². The third-order valence-electron chi connectivity index (χ3n) is 20.1. The van der Waals surface area contributed by atoms with Crippen LogP contribution in [0.15, 0.2) is 461 Å². The van der Waals surface area contributed by atoms with Gasteiger partial charge >= 0.3 is 0 Å². The Bertz CT molecular complexity index is 5700. The molecule has 0 spiro atoms. The summed E-state index contributed by atoms with van der Waals surface area (Å²) in [4.78, 5) is 9.29. The summed E-state index contributed by atoms with van der Waals surface area (Å²) in [7, 11) is 0. The summed E-state index contributed by atoms with van der Waals surface area (Å²) in [6.07, 6.45) is 0. The topological polar surface area (TPSA) is 13.0 Å². The zero-order chi connectivity index (χ0) is 72.2. The molecule has 108 heavy (non-hydrogen) atoms. The molecule has 0 fully saturated rings. The number of fused-ring (bicyclic) bond motifs is 2. The molecule has 0 bridgehead atoms. The lowest BCUT2D eigenvalue weighted by atomic mass is 10.00. The molecule has 0 aliphatic rings. The normalized spacial score (nSPS) is 11.0. The molecule has 0 amide bonds. The van der Waals surface area contributed by atoms with Gasteiger partial charge in [0.2, 0.25) is 0 Å². The zero-order valence-electron chi connectivity index (χ0n) is 59.7. The molecule has 0 saturated heterocycles. The quantitative estimate of drug-likeness (QED) is 0.0849. The first-order chi connectivity index (χ1) is 53.5. The summed E-state index contributed by atoms with van der Waals surface area (Å²) in [6, 6.07) is 165. The summed E-state index contributed by atoms with van der Waals surface area (Å²) in [5, 5.41) is 4.94. The van der Waals surface area contributed by atoms with Gasteiger partial charge in [0.1, 0.15) is 0 Å². The number of para-hydroxylation sites is 3. The average molecular weight is 1380 g/mol. The Hall–Kier alpha value is -14.3. The fourth-order valence-electron chi connectivity index (χ4n) is 14.5. The number of hydrogen-bond acceptors (Lipinski definition) is 4. The third-order valence-corrected chi connectivity index (χ3v) is 20.1. The molecule has 18 rings (SSSR count). The van der Waals surface area contributed by atoms with Gasteiger partial charge in [-0.05, 0) is 234 Å². The second-order valence-electron chi connectivity index (χ2n) is 26.9. The van der Waals surface area contributed by atoms with Crippen molar-refractivity contribution >= 4 is 89.8 Å². The van der Waals surface area contributed by atoms with E-state index in [-0.39, 0.29) is 0 Å². The monoisotopic (exact) mass is 1380 g/mol. The number of hydrogen-bond donors (Lipinski definition) is 0. The van der Waals surface area contributed by atoms with E-state index in [9.17, 15) is 0 Å². The van der Waals surface area contributed by atoms with Gasteiger partial charge in [0.25, 0.3) is 0 Å². The number of rotatable bonds is 18. The summed E-state index contributed by atoms with van der Waals surface area (Å²) in [5.41, 5.74) is 27.7. The van der Waals surface area contributed by atoms with Crippen molar-refractivity contribution in [2.75, 3.05) is 19.6 Å². The molecule has 0 saturated carbocycles. The molecular formula is C104H76N4. The van der Waals surface area contributed by atoms with Gasteiger partial charge in [-0.15, -0.1) is 0 Å². The highest BCUT2D eigenvalue weighted by atomic mass is 15.2. The number of benzene rings is 18. The van der Waals surface area contributed by atoms with Crippen molar-refractivity contribution in [1.29, 1.82) is 0 Å². The van der Waals surface area contributed by atoms with Gasteiger partial charge in [0.05, 0.1) is 0 Å². The minimum Gasteiger partial charge on any atom is -0.311 e. The first-order valence-corrected chi connectivity index (χ1v) is 36.8. The maximum atomic E-state index is 2.33.